The number of amides is 2. The molecule has 0 aliphatic carbocycles. The third-order valence-electron chi connectivity index (χ3n) is 5.45. The molecule has 0 spiro atoms. The number of carbonyl (C=O) groups excluding carboxylic acids is 2. The SMILES string of the molecule is CC1=C(C(=O)OCC(C)C)C(c2ccc(NC(=O)Nc3ccc(C)c(Cl)c3)cc2)NC(=S)N1C. The van der Waals surface area contributed by atoms with Crippen molar-refractivity contribution in [2.24, 2.45) is 5.92 Å². The number of nitrogens with one attached hydrogen (secondary N) is 3. The molecule has 180 valence electrons. The number of thiocarbonyl (C=S) groups is 1. The zero-order valence-electron chi connectivity index (χ0n) is 19.9. The van der Waals surface area contributed by atoms with Gasteiger partial charge in [0.15, 0.2) is 5.11 Å². The maximum Gasteiger partial charge on any atom is 0.338 e. The lowest BCUT2D eigenvalue weighted by molar-refractivity contribution is -0.140. The molecule has 1 atom stereocenters. The van der Waals surface area contributed by atoms with Crippen LogP contribution < -0.4 is 16.0 Å². The van der Waals surface area contributed by atoms with E-state index in [1.165, 1.54) is 0 Å². The minimum atomic E-state index is -0.457. The fraction of sp³-hybridized carbons (Fsp3) is 0.320. The monoisotopic (exact) mass is 500 g/mol. The molecule has 9 heteroatoms. The zero-order valence-corrected chi connectivity index (χ0v) is 21.4. The number of benzene rings is 2. The first-order valence-corrected chi connectivity index (χ1v) is 11.7. The normalized spacial score (nSPS) is 15.8. The van der Waals surface area contributed by atoms with Gasteiger partial charge in [0.05, 0.1) is 18.2 Å². The van der Waals surface area contributed by atoms with Crippen LogP contribution in [0.3, 0.4) is 0 Å². The molecule has 2 amide bonds. The smallest absolute Gasteiger partial charge is 0.338 e. The zero-order chi connectivity index (χ0) is 25.0. The van der Waals surface area contributed by atoms with Crippen molar-refractivity contribution in [3.63, 3.8) is 0 Å². The molecule has 3 N–H and O–H groups in total. The number of esters is 1. The van der Waals surface area contributed by atoms with E-state index in [1.807, 2.05) is 52.9 Å². The van der Waals surface area contributed by atoms with Gasteiger partial charge in [-0.3, -0.25) is 0 Å². The summed E-state index contributed by atoms with van der Waals surface area (Å²) in [7, 11) is 1.81. The van der Waals surface area contributed by atoms with Crippen molar-refractivity contribution in [1.29, 1.82) is 0 Å². The number of carbonyl (C=O) groups is 2. The lowest BCUT2D eigenvalue weighted by atomic mass is 9.95. The second-order valence-electron chi connectivity index (χ2n) is 8.60. The van der Waals surface area contributed by atoms with Crippen molar-refractivity contribution in [3.05, 3.63) is 69.9 Å². The number of halogens is 1. The summed E-state index contributed by atoms with van der Waals surface area (Å²) in [4.78, 5) is 27.1. The van der Waals surface area contributed by atoms with Crippen molar-refractivity contribution in [2.75, 3.05) is 24.3 Å². The molecule has 2 aromatic carbocycles. The summed E-state index contributed by atoms with van der Waals surface area (Å²) in [6.45, 7) is 8.06. The summed E-state index contributed by atoms with van der Waals surface area (Å²) >= 11 is 11.6. The molecule has 1 unspecified atom stereocenters. The quantitative estimate of drug-likeness (QED) is 0.352. The number of aryl methyl sites for hydroxylation is 1. The molecule has 0 saturated heterocycles. The molecule has 0 saturated carbocycles. The summed E-state index contributed by atoms with van der Waals surface area (Å²) in [6, 6.07) is 11.7. The third kappa shape index (κ3) is 6.07. The number of nitrogens with zero attached hydrogens (tertiary/aromatic N) is 1. The van der Waals surface area contributed by atoms with Crippen molar-refractivity contribution in [1.82, 2.24) is 10.2 Å². The van der Waals surface area contributed by atoms with E-state index in [4.69, 9.17) is 28.6 Å². The molecule has 0 bridgehead atoms. The first kappa shape index (κ1) is 25.5. The molecule has 7 nitrogen and oxygen atoms in total. The van der Waals surface area contributed by atoms with Crippen molar-refractivity contribution >= 4 is 52.3 Å². The molecule has 1 aliphatic heterocycles. The van der Waals surface area contributed by atoms with Gasteiger partial charge in [-0.25, -0.2) is 9.59 Å². The molecule has 34 heavy (non-hydrogen) atoms. The van der Waals surface area contributed by atoms with Gasteiger partial charge in [-0.15, -0.1) is 0 Å². The van der Waals surface area contributed by atoms with Gasteiger partial charge in [0.25, 0.3) is 0 Å². The van der Waals surface area contributed by atoms with Gasteiger partial charge in [0.1, 0.15) is 0 Å². The highest BCUT2D eigenvalue weighted by atomic mass is 35.5. The van der Waals surface area contributed by atoms with E-state index in [9.17, 15) is 9.59 Å². The van der Waals surface area contributed by atoms with Crippen LogP contribution >= 0.6 is 23.8 Å². The first-order valence-electron chi connectivity index (χ1n) is 10.9. The van der Waals surface area contributed by atoms with Crippen LogP contribution in [0.1, 0.15) is 37.9 Å². The van der Waals surface area contributed by atoms with Crippen LogP contribution in [0.15, 0.2) is 53.7 Å². The summed E-state index contributed by atoms with van der Waals surface area (Å²) < 4.78 is 5.52. The van der Waals surface area contributed by atoms with E-state index in [1.54, 1.807) is 29.2 Å². The number of allylic oxidation sites excluding steroid dienone is 1. The second kappa shape index (κ2) is 10.9. The number of urea groups is 1. The van der Waals surface area contributed by atoms with E-state index in [0.29, 0.717) is 33.7 Å². The van der Waals surface area contributed by atoms with Crippen molar-refractivity contribution in [3.8, 4) is 0 Å². The Kier molecular flexibility index (Phi) is 8.17. The minimum absolute atomic E-state index is 0.228. The Morgan fingerprint density at radius 1 is 1.12 bits per heavy atom. The molecule has 0 fully saturated rings. The average Bonchev–Trinajstić information content (AvgIpc) is 2.78. The first-order chi connectivity index (χ1) is 16.1. The fourth-order valence-electron chi connectivity index (χ4n) is 3.39. The Labute approximate surface area is 210 Å². The maximum atomic E-state index is 12.9. The number of hydrogen-bond acceptors (Lipinski definition) is 4. The lowest BCUT2D eigenvalue weighted by Gasteiger charge is -2.35. The number of hydrogen-bond donors (Lipinski definition) is 3. The summed E-state index contributed by atoms with van der Waals surface area (Å²) in [6.07, 6.45) is 0. The van der Waals surface area contributed by atoms with Crippen LogP contribution in [0.25, 0.3) is 0 Å². The highest BCUT2D eigenvalue weighted by molar-refractivity contribution is 7.80. The molecular weight excluding hydrogens is 472 g/mol. The molecule has 0 aromatic heterocycles. The lowest BCUT2D eigenvalue weighted by Crippen LogP contribution is -2.46. The van der Waals surface area contributed by atoms with E-state index in [-0.39, 0.29) is 17.9 Å². The Morgan fingerprint density at radius 2 is 1.74 bits per heavy atom. The largest absolute Gasteiger partial charge is 0.462 e. The Balaban J connectivity index is 1.75. The highest BCUT2D eigenvalue weighted by Gasteiger charge is 2.33. The van der Waals surface area contributed by atoms with Crippen LogP contribution in [-0.2, 0) is 9.53 Å². The van der Waals surface area contributed by atoms with Gasteiger partial charge in [0.2, 0.25) is 0 Å². The molecule has 1 heterocycles. The van der Waals surface area contributed by atoms with E-state index >= 15 is 0 Å². The van der Waals surface area contributed by atoms with E-state index in [0.717, 1.165) is 16.8 Å². The van der Waals surface area contributed by atoms with Crippen molar-refractivity contribution in [2.45, 2.75) is 33.7 Å². The molecular formula is C25H29ClN4O3S. The Hall–Kier alpha value is -3.10. The standard InChI is InChI=1S/C25H29ClN4O3S/c1-14(2)13-33-23(31)21-16(4)30(5)25(34)29-22(21)17-7-10-18(11-8-17)27-24(32)28-19-9-6-15(3)20(26)12-19/h6-12,14,22H,13H2,1-5H3,(H,29,34)(H2,27,28,32). The second-order valence-corrected chi connectivity index (χ2v) is 9.39. The topological polar surface area (TPSA) is 82.7 Å². The van der Waals surface area contributed by atoms with Gasteiger partial charge in [-0.1, -0.05) is 43.6 Å². The van der Waals surface area contributed by atoms with Gasteiger partial charge in [0, 0.05) is 29.1 Å². The molecule has 1 aliphatic rings. The molecule has 2 aromatic rings. The highest BCUT2D eigenvalue weighted by Crippen LogP contribution is 2.31. The van der Waals surface area contributed by atoms with Gasteiger partial charge in [-0.2, -0.15) is 0 Å². The Bertz CT molecular complexity index is 1130. The molecule has 3 rings (SSSR count). The third-order valence-corrected chi connectivity index (χ3v) is 6.25. The maximum absolute atomic E-state index is 12.9. The number of ether oxygens (including phenoxy) is 1. The summed E-state index contributed by atoms with van der Waals surface area (Å²) in [5, 5.41) is 9.87. The van der Waals surface area contributed by atoms with E-state index < -0.39 is 6.04 Å². The molecule has 0 radical (unpaired) electrons. The summed E-state index contributed by atoms with van der Waals surface area (Å²) in [5.74, 6) is -0.150. The number of rotatable bonds is 6. The summed E-state index contributed by atoms with van der Waals surface area (Å²) in [5.41, 5.74) is 4.19. The van der Waals surface area contributed by atoms with Crippen molar-refractivity contribution < 1.29 is 14.3 Å². The predicted molar refractivity (Wildman–Crippen MR) is 140 cm³/mol. The Morgan fingerprint density at radius 3 is 2.35 bits per heavy atom. The van der Waals surface area contributed by atoms with Crippen LogP contribution in [0.2, 0.25) is 5.02 Å². The van der Waals surface area contributed by atoms with Gasteiger partial charge >= 0.3 is 12.0 Å². The number of anilines is 2. The van der Waals surface area contributed by atoms with Crippen LogP contribution in [0, 0.1) is 12.8 Å². The predicted octanol–water partition coefficient (Wildman–Crippen LogP) is 5.63. The van der Waals surface area contributed by atoms with Crippen LogP contribution in [-0.4, -0.2) is 35.7 Å². The van der Waals surface area contributed by atoms with Crippen LogP contribution in [0.4, 0.5) is 16.2 Å². The van der Waals surface area contributed by atoms with Gasteiger partial charge < -0.3 is 25.6 Å². The van der Waals surface area contributed by atoms with Gasteiger partial charge in [-0.05, 0) is 67.4 Å². The average molecular weight is 501 g/mol. The van der Waals surface area contributed by atoms with E-state index in [2.05, 4.69) is 16.0 Å². The minimum Gasteiger partial charge on any atom is -0.462 e. The van der Waals surface area contributed by atoms with Crippen LogP contribution in [0.5, 0.6) is 0 Å². The fourth-order valence-corrected chi connectivity index (χ4v) is 3.83.